The van der Waals surface area contributed by atoms with Crippen LogP contribution in [-0.4, -0.2) is 17.6 Å². The first kappa shape index (κ1) is 9.49. The Balaban J connectivity index is 2.41. The van der Waals surface area contributed by atoms with Gasteiger partial charge in [-0.25, -0.2) is 4.79 Å². The van der Waals surface area contributed by atoms with Crippen LogP contribution in [0.5, 0.6) is 0 Å². The molecular formula is C10H10ClNO2. The van der Waals surface area contributed by atoms with Crippen molar-refractivity contribution in [2.45, 2.75) is 12.5 Å². The molecule has 2 N–H and O–H groups in total. The van der Waals surface area contributed by atoms with E-state index in [2.05, 4.69) is 5.32 Å². The molecule has 1 aromatic rings. The van der Waals surface area contributed by atoms with Crippen molar-refractivity contribution in [3.05, 3.63) is 34.3 Å². The fourth-order valence-corrected chi connectivity index (χ4v) is 1.74. The van der Waals surface area contributed by atoms with Crippen molar-refractivity contribution in [2.24, 2.45) is 0 Å². The minimum Gasteiger partial charge on any atom is -0.478 e. The Morgan fingerprint density at radius 2 is 2.29 bits per heavy atom. The lowest BCUT2D eigenvalue weighted by Crippen LogP contribution is -2.35. The molecular weight excluding hydrogens is 202 g/mol. The van der Waals surface area contributed by atoms with Crippen LogP contribution in [-0.2, 0) is 0 Å². The van der Waals surface area contributed by atoms with Gasteiger partial charge in [-0.05, 0) is 30.7 Å². The van der Waals surface area contributed by atoms with E-state index in [-0.39, 0.29) is 6.04 Å². The van der Waals surface area contributed by atoms with Gasteiger partial charge < -0.3 is 10.4 Å². The Hall–Kier alpha value is -1.06. The number of hydrogen-bond acceptors (Lipinski definition) is 2. The number of nitrogens with one attached hydrogen (secondary N) is 1. The van der Waals surface area contributed by atoms with E-state index in [0.29, 0.717) is 10.6 Å². The number of aromatic carboxylic acids is 1. The van der Waals surface area contributed by atoms with Crippen molar-refractivity contribution in [3.8, 4) is 0 Å². The van der Waals surface area contributed by atoms with Gasteiger partial charge >= 0.3 is 5.97 Å². The summed E-state index contributed by atoms with van der Waals surface area (Å²) >= 11 is 5.74. The summed E-state index contributed by atoms with van der Waals surface area (Å²) in [5.74, 6) is -0.920. The molecule has 0 spiro atoms. The van der Waals surface area contributed by atoms with Gasteiger partial charge in [0.25, 0.3) is 0 Å². The van der Waals surface area contributed by atoms with E-state index in [0.717, 1.165) is 18.5 Å². The second-order valence-corrected chi connectivity index (χ2v) is 3.77. The minimum atomic E-state index is -0.920. The normalized spacial score (nSPS) is 20.2. The quantitative estimate of drug-likeness (QED) is 0.788. The Bertz CT molecular complexity index is 374. The van der Waals surface area contributed by atoms with Crippen molar-refractivity contribution in [3.63, 3.8) is 0 Å². The van der Waals surface area contributed by atoms with E-state index in [4.69, 9.17) is 16.7 Å². The third-order valence-corrected chi connectivity index (χ3v) is 2.68. The third-order valence-electron chi connectivity index (χ3n) is 2.44. The van der Waals surface area contributed by atoms with Gasteiger partial charge in [-0.1, -0.05) is 17.7 Å². The van der Waals surface area contributed by atoms with Crippen LogP contribution in [0, 0.1) is 0 Å². The highest BCUT2D eigenvalue weighted by molar-refractivity contribution is 6.31. The summed E-state index contributed by atoms with van der Waals surface area (Å²) in [7, 11) is 0. The number of carboxylic acid groups (broad SMARTS) is 1. The van der Waals surface area contributed by atoms with Crippen molar-refractivity contribution in [1.29, 1.82) is 0 Å². The average Bonchev–Trinajstić information content (AvgIpc) is 2.04. The molecule has 1 saturated heterocycles. The summed E-state index contributed by atoms with van der Waals surface area (Å²) < 4.78 is 0. The molecule has 0 bridgehead atoms. The highest BCUT2D eigenvalue weighted by Gasteiger charge is 2.23. The molecule has 0 aliphatic carbocycles. The van der Waals surface area contributed by atoms with Gasteiger partial charge in [0, 0.05) is 11.1 Å². The first-order chi connectivity index (χ1) is 6.68. The predicted octanol–water partition coefficient (Wildman–Crippen LogP) is 2.07. The third kappa shape index (κ3) is 1.61. The van der Waals surface area contributed by atoms with Crippen LogP contribution in [0.4, 0.5) is 0 Å². The minimum absolute atomic E-state index is 0.179. The second kappa shape index (κ2) is 3.59. The number of carbonyl (C=O) groups is 1. The number of benzene rings is 1. The van der Waals surface area contributed by atoms with E-state index in [1.807, 2.05) is 0 Å². The van der Waals surface area contributed by atoms with Crippen LogP contribution in [0.3, 0.4) is 0 Å². The average molecular weight is 212 g/mol. The van der Waals surface area contributed by atoms with Crippen molar-refractivity contribution in [1.82, 2.24) is 5.32 Å². The summed E-state index contributed by atoms with van der Waals surface area (Å²) in [5.41, 5.74) is 1.13. The molecule has 0 aromatic heterocycles. The molecule has 1 fully saturated rings. The van der Waals surface area contributed by atoms with Gasteiger partial charge in [-0.15, -0.1) is 0 Å². The smallest absolute Gasteiger partial charge is 0.336 e. The molecule has 14 heavy (non-hydrogen) atoms. The molecule has 1 aliphatic rings. The van der Waals surface area contributed by atoms with Crippen LogP contribution in [0.15, 0.2) is 18.2 Å². The summed E-state index contributed by atoms with van der Waals surface area (Å²) in [4.78, 5) is 10.9. The van der Waals surface area contributed by atoms with E-state index < -0.39 is 5.97 Å². The number of rotatable bonds is 2. The van der Waals surface area contributed by atoms with Crippen molar-refractivity contribution < 1.29 is 9.90 Å². The Kier molecular flexibility index (Phi) is 2.44. The number of carboxylic acids is 1. The van der Waals surface area contributed by atoms with Gasteiger partial charge in [0.2, 0.25) is 0 Å². The van der Waals surface area contributed by atoms with Crippen molar-refractivity contribution >= 4 is 17.6 Å². The molecule has 2 rings (SSSR count). The molecule has 0 amide bonds. The molecule has 4 heteroatoms. The number of hydrogen-bond donors (Lipinski definition) is 2. The maximum absolute atomic E-state index is 10.9. The maximum atomic E-state index is 10.9. The van der Waals surface area contributed by atoms with Gasteiger partial charge in [0.15, 0.2) is 0 Å². The van der Waals surface area contributed by atoms with Gasteiger partial charge in [0.1, 0.15) is 0 Å². The molecule has 1 unspecified atom stereocenters. The topological polar surface area (TPSA) is 49.3 Å². The standard InChI is InChI=1S/C10H10ClNO2/c11-6-1-2-7(9-3-4-12-9)8(5-6)10(13)14/h1-2,5,9,12H,3-4H2,(H,13,14). The summed E-state index contributed by atoms with van der Waals surface area (Å²) in [6, 6.07) is 5.18. The van der Waals surface area contributed by atoms with Crippen LogP contribution in [0.1, 0.15) is 28.4 Å². The lowest BCUT2D eigenvalue weighted by atomic mass is 9.93. The fraction of sp³-hybridized carbons (Fsp3) is 0.300. The molecule has 1 atom stereocenters. The van der Waals surface area contributed by atoms with Gasteiger partial charge in [0.05, 0.1) is 5.56 Å². The first-order valence-electron chi connectivity index (χ1n) is 4.44. The largest absolute Gasteiger partial charge is 0.478 e. The Morgan fingerprint density at radius 3 is 2.79 bits per heavy atom. The van der Waals surface area contributed by atoms with Crippen molar-refractivity contribution in [2.75, 3.05) is 6.54 Å². The molecule has 1 aliphatic heterocycles. The molecule has 0 radical (unpaired) electrons. The fourth-order valence-electron chi connectivity index (χ4n) is 1.57. The zero-order chi connectivity index (χ0) is 10.1. The zero-order valence-corrected chi connectivity index (χ0v) is 8.21. The summed E-state index contributed by atoms with van der Waals surface area (Å²) in [6.07, 6.45) is 0.988. The van der Waals surface area contributed by atoms with E-state index in [9.17, 15) is 4.79 Å². The molecule has 0 saturated carbocycles. The maximum Gasteiger partial charge on any atom is 0.336 e. The lowest BCUT2D eigenvalue weighted by molar-refractivity contribution is 0.0694. The SMILES string of the molecule is O=C(O)c1cc(Cl)ccc1C1CCN1. The number of halogens is 1. The van der Waals surface area contributed by atoms with Crippen LogP contribution in [0.2, 0.25) is 5.02 Å². The van der Waals surface area contributed by atoms with Crippen LogP contribution in [0.25, 0.3) is 0 Å². The molecule has 3 nitrogen and oxygen atoms in total. The van der Waals surface area contributed by atoms with Crippen LogP contribution < -0.4 is 5.32 Å². The summed E-state index contributed by atoms with van der Waals surface area (Å²) in [5, 5.41) is 12.6. The van der Waals surface area contributed by atoms with Gasteiger partial charge in [-0.2, -0.15) is 0 Å². The van der Waals surface area contributed by atoms with Crippen LogP contribution >= 0.6 is 11.6 Å². The highest BCUT2D eigenvalue weighted by atomic mass is 35.5. The Morgan fingerprint density at radius 1 is 1.57 bits per heavy atom. The van der Waals surface area contributed by atoms with E-state index in [1.54, 1.807) is 12.1 Å². The molecule has 74 valence electrons. The molecule has 1 aromatic carbocycles. The Labute approximate surface area is 86.7 Å². The van der Waals surface area contributed by atoms with E-state index >= 15 is 0 Å². The van der Waals surface area contributed by atoms with E-state index in [1.165, 1.54) is 6.07 Å². The van der Waals surface area contributed by atoms with Gasteiger partial charge in [-0.3, -0.25) is 0 Å². The predicted molar refractivity (Wildman–Crippen MR) is 53.8 cm³/mol. The lowest BCUT2D eigenvalue weighted by Gasteiger charge is -2.29. The summed E-state index contributed by atoms with van der Waals surface area (Å²) in [6.45, 7) is 0.951. The molecule has 1 heterocycles. The monoisotopic (exact) mass is 211 g/mol. The zero-order valence-electron chi connectivity index (χ0n) is 7.46. The first-order valence-corrected chi connectivity index (χ1v) is 4.82. The second-order valence-electron chi connectivity index (χ2n) is 3.33. The highest BCUT2D eigenvalue weighted by Crippen LogP contribution is 2.27.